The Morgan fingerprint density at radius 1 is 1.44 bits per heavy atom. The minimum absolute atomic E-state index is 0.258. The van der Waals surface area contributed by atoms with E-state index in [1.165, 1.54) is 6.07 Å². The van der Waals surface area contributed by atoms with Crippen LogP contribution in [-0.4, -0.2) is 5.16 Å². The molecule has 2 aromatic rings. The molecule has 3 nitrogen and oxygen atoms in total. The first-order valence-corrected chi connectivity index (χ1v) is 6.48. The van der Waals surface area contributed by atoms with Crippen LogP contribution >= 0.6 is 15.9 Å². The van der Waals surface area contributed by atoms with E-state index in [-0.39, 0.29) is 11.7 Å². The summed E-state index contributed by atoms with van der Waals surface area (Å²) in [6, 6.07) is 4.79. The molecule has 0 atom stereocenters. The van der Waals surface area contributed by atoms with Gasteiger partial charge in [-0.2, -0.15) is 0 Å². The van der Waals surface area contributed by atoms with Crippen LogP contribution < -0.4 is 5.73 Å². The molecule has 0 amide bonds. The first-order chi connectivity index (χ1) is 8.50. The minimum atomic E-state index is -0.345. The van der Waals surface area contributed by atoms with Crippen molar-refractivity contribution in [2.24, 2.45) is 5.92 Å². The molecular formula is C13H14BrFN2O. The Bertz CT molecular complexity index is 546. The third-order valence-electron chi connectivity index (χ3n) is 2.63. The van der Waals surface area contributed by atoms with Gasteiger partial charge >= 0.3 is 0 Å². The van der Waals surface area contributed by atoms with E-state index in [4.69, 9.17) is 10.3 Å². The Hall–Kier alpha value is -1.36. The van der Waals surface area contributed by atoms with Gasteiger partial charge in [-0.25, -0.2) is 4.39 Å². The fourth-order valence-corrected chi connectivity index (χ4v) is 2.38. The number of anilines is 1. The molecule has 0 spiro atoms. The number of benzene rings is 1. The maximum atomic E-state index is 13.9. The van der Waals surface area contributed by atoms with Crippen LogP contribution in [0.15, 0.2) is 27.2 Å². The second-order valence-electron chi connectivity index (χ2n) is 4.57. The Kier molecular flexibility index (Phi) is 3.71. The molecule has 0 aliphatic rings. The van der Waals surface area contributed by atoms with Gasteiger partial charge in [0.2, 0.25) is 5.88 Å². The maximum absolute atomic E-state index is 13.9. The van der Waals surface area contributed by atoms with Gasteiger partial charge in [0, 0.05) is 10.0 Å². The van der Waals surface area contributed by atoms with Gasteiger partial charge in [0.05, 0.1) is 5.56 Å². The lowest BCUT2D eigenvalue weighted by atomic mass is 9.99. The van der Waals surface area contributed by atoms with Gasteiger partial charge in [-0.15, -0.1) is 0 Å². The highest BCUT2D eigenvalue weighted by atomic mass is 79.9. The van der Waals surface area contributed by atoms with E-state index in [0.29, 0.717) is 28.1 Å². The highest BCUT2D eigenvalue weighted by Crippen LogP contribution is 2.35. The molecule has 0 saturated heterocycles. The summed E-state index contributed by atoms with van der Waals surface area (Å²) >= 11 is 3.33. The Labute approximate surface area is 113 Å². The minimum Gasteiger partial charge on any atom is -0.367 e. The van der Waals surface area contributed by atoms with Gasteiger partial charge in [-0.1, -0.05) is 25.1 Å². The second-order valence-corrected chi connectivity index (χ2v) is 5.42. The number of aromatic nitrogens is 1. The van der Waals surface area contributed by atoms with Crippen LogP contribution in [0, 0.1) is 11.7 Å². The number of halogens is 2. The van der Waals surface area contributed by atoms with E-state index < -0.39 is 0 Å². The molecule has 0 aliphatic heterocycles. The number of hydrogen-bond donors (Lipinski definition) is 1. The molecule has 1 heterocycles. The topological polar surface area (TPSA) is 52.0 Å². The van der Waals surface area contributed by atoms with Crippen LogP contribution in [0.25, 0.3) is 11.3 Å². The third kappa shape index (κ3) is 2.41. The Morgan fingerprint density at radius 2 is 2.17 bits per heavy atom. The predicted molar refractivity (Wildman–Crippen MR) is 72.6 cm³/mol. The van der Waals surface area contributed by atoms with E-state index in [2.05, 4.69) is 34.9 Å². The van der Waals surface area contributed by atoms with E-state index >= 15 is 0 Å². The summed E-state index contributed by atoms with van der Waals surface area (Å²) < 4.78 is 19.6. The third-order valence-corrected chi connectivity index (χ3v) is 3.29. The van der Waals surface area contributed by atoms with E-state index in [1.54, 1.807) is 12.1 Å². The van der Waals surface area contributed by atoms with Gasteiger partial charge in [-0.3, -0.25) is 0 Å². The zero-order valence-electron chi connectivity index (χ0n) is 10.2. The molecule has 0 fully saturated rings. The molecule has 5 heteroatoms. The molecule has 2 rings (SSSR count). The van der Waals surface area contributed by atoms with Crippen molar-refractivity contribution in [2.75, 3.05) is 5.73 Å². The first kappa shape index (κ1) is 13.1. The van der Waals surface area contributed by atoms with E-state index in [1.807, 2.05) is 0 Å². The van der Waals surface area contributed by atoms with Crippen LogP contribution in [0.1, 0.15) is 19.4 Å². The summed E-state index contributed by atoms with van der Waals surface area (Å²) in [5, 5.41) is 3.89. The predicted octanol–water partition coefficient (Wildman–Crippen LogP) is 4.02. The van der Waals surface area contributed by atoms with E-state index in [9.17, 15) is 4.39 Å². The summed E-state index contributed by atoms with van der Waals surface area (Å²) in [5.41, 5.74) is 7.40. The van der Waals surface area contributed by atoms with Crippen molar-refractivity contribution >= 4 is 21.8 Å². The number of nitrogens with zero attached hydrogens (tertiary/aromatic N) is 1. The molecule has 96 valence electrons. The lowest BCUT2D eigenvalue weighted by Gasteiger charge is -2.07. The standard InChI is InChI=1S/C13H14BrFN2O/c1-7(2)6-8-12(17-18-13(8)16)11-9(14)4-3-5-10(11)15/h3-5,7H,6,16H2,1-2H3. The monoisotopic (exact) mass is 312 g/mol. The number of rotatable bonds is 3. The molecule has 0 saturated carbocycles. The smallest absolute Gasteiger partial charge is 0.225 e. The second kappa shape index (κ2) is 5.10. The summed E-state index contributed by atoms with van der Waals surface area (Å²) in [6.45, 7) is 4.12. The SMILES string of the molecule is CC(C)Cc1c(-c2c(F)cccc2Br)noc1N. The molecule has 0 radical (unpaired) electrons. The van der Waals surface area contributed by atoms with Gasteiger partial charge < -0.3 is 10.3 Å². The van der Waals surface area contributed by atoms with Crippen molar-refractivity contribution in [3.63, 3.8) is 0 Å². The van der Waals surface area contributed by atoms with Crippen LogP contribution in [-0.2, 0) is 6.42 Å². The molecule has 0 bridgehead atoms. The lowest BCUT2D eigenvalue weighted by molar-refractivity contribution is 0.437. The van der Waals surface area contributed by atoms with Gasteiger partial charge in [0.15, 0.2) is 0 Å². The quantitative estimate of drug-likeness (QED) is 0.931. The zero-order chi connectivity index (χ0) is 13.3. The highest BCUT2D eigenvalue weighted by molar-refractivity contribution is 9.10. The Morgan fingerprint density at radius 3 is 2.78 bits per heavy atom. The highest BCUT2D eigenvalue weighted by Gasteiger charge is 2.21. The van der Waals surface area contributed by atoms with Crippen LogP contribution in [0.2, 0.25) is 0 Å². The van der Waals surface area contributed by atoms with Crippen LogP contribution in [0.5, 0.6) is 0 Å². The molecule has 0 aliphatic carbocycles. The maximum Gasteiger partial charge on any atom is 0.225 e. The first-order valence-electron chi connectivity index (χ1n) is 5.69. The zero-order valence-corrected chi connectivity index (χ0v) is 11.8. The molecule has 2 N–H and O–H groups in total. The van der Waals surface area contributed by atoms with Crippen molar-refractivity contribution in [2.45, 2.75) is 20.3 Å². The van der Waals surface area contributed by atoms with Gasteiger partial charge in [0.25, 0.3) is 0 Å². The lowest BCUT2D eigenvalue weighted by Crippen LogP contribution is -1.99. The molecule has 0 unspecified atom stereocenters. The molecule has 1 aromatic carbocycles. The normalized spacial score (nSPS) is 11.2. The summed E-state index contributed by atoms with van der Waals surface area (Å²) in [5.74, 6) is 0.299. The van der Waals surface area contributed by atoms with Gasteiger partial charge in [-0.05, 0) is 40.4 Å². The molecule has 18 heavy (non-hydrogen) atoms. The number of nitrogen functional groups attached to an aromatic ring is 1. The fourth-order valence-electron chi connectivity index (χ4n) is 1.85. The summed E-state index contributed by atoms with van der Waals surface area (Å²) in [4.78, 5) is 0. The molecular weight excluding hydrogens is 299 g/mol. The van der Waals surface area contributed by atoms with E-state index in [0.717, 1.165) is 5.56 Å². The summed E-state index contributed by atoms with van der Waals surface area (Å²) in [7, 11) is 0. The van der Waals surface area contributed by atoms with Crippen LogP contribution in [0.3, 0.4) is 0 Å². The average Bonchev–Trinajstić information content (AvgIpc) is 2.61. The number of hydrogen-bond acceptors (Lipinski definition) is 3. The summed E-state index contributed by atoms with van der Waals surface area (Å²) in [6.07, 6.45) is 0.700. The van der Waals surface area contributed by atoms with Crippen LogP contribution in [0.4, 0.5) is 10.3 Å². The van der Waals surface area contributed by atoms with Crippen molar-refractivity contribution in [3.8, 4) is 11.3 Å². The van der Waals surface area contributed by atoms with Crippen molar-refractivity contribution in [3.05, 3.63) is 34.1 Å². The van der Waals surface area contributed by atoms with Crippen molar-refractivity contribution in [1.29, 1.82) is 0 Å². The molecule has 1 aromatic heterocycles. The number of nitrogens with two attached hydrogens (primary N) is 1. The Balaban J connectivity index is 2.58. The van der Waals surface area contributed by atoms with Crippen molar-refractivity contribution in [1.82, 2.24) is 5.16 Å². The average molecular weight is 313 g/mol. The van der Waals surface area contributed by atoms with Crippen molar-refractivity contribution < 1.29 is 8.91 Å². The van der Waals surface area contributed by atoms with Gasteiger partial charge in [0.1, 0.15) is 11.5 Å². The largest absolute Gasteiger partial charge is 0.367 e. The fraction of sp³-hybridized carbons (Fsp3) is 0.308.